The topological polar surface area (TPSA) is 143 Å². The second-order valence-corrected chi connectivity index (χ2v) is 9.44. The molecule has 0 aliphatic rings. The molecule has 10 nitrogen and oxygen atoms in total. The summed E-state index contributed by atoms with van der Waals surface area (Å²) in [6.07, 6.45) is 1.11. The molecule has 4 aromatic rings. The second-order valence-electron chi connectivity index (χ2n) is 7.76. The fraction of sp³-hybridized carbons (Fsp3) is 0.0800. The molecule has 0 aliphatic heterocycles. The number of anilines is 1. The molecule has 0 saturated carbocycles. The van der Waals surface area contributed by atoms with Crippen molar-refractivity contribution in [2.24, 2.45) is 4.99 Å². The number of aromatic amines is 1. The summed E-state index contributed by atoms with van der Waals surface area (Å²) >= 11 is 0. The van der Waals surface area contributed by atoms with E-state index in [1.165, 1.54) is 31.4 Å². The van der Waals surface area contributed by atoms with Crippen LogP contribution in [-0.2, 0) is 10.0 Å². The second kappa shape index (κ2) is 9.92. The van der Waals surface area contributed by atoms with E-state index in [0.717, 1.165) is 16.3 Å². The van der Waals surface area contributed by atoms with E-state index in [-0.39, 0.29) is 10.5 Å². The monoisotopic (exact) mass is 506 g/mol. The Hall–Kier alpha value is -4.64. The highest BCUT2D eigenvalue weighted by molar-refractivity contribution is 7.92. The first-order valence-electron chi connectivity index (χ1n) is 10.6. The number of nitrogens with zero attached hydrogens (tertiary/aromatic N) is 2. The molecule has 4 rings (SSSR count). The summed E-state index contributed by atoms with van der Waals surface area (Å²) in [5.41, 5.74) is 0.0992. The number of aromatic hydroxyl groups is 1. The number of hydrogen-bond donors (Lipinski definition) is 3. The Morgan fingerprint density at radius 3 is 2.36 bits per heavy atom. The van der Waals surface area contributed by atoms with Gasteiger partial charge in [-0.15, -0.1) is 0 Å². The van der Waals surface area contributed by atoms with Gasteiger partial charge in [0.1, 0.15) is 11.3 Å². The molecule has 11 heteroatoms. The van der Waals surface area contributed by atoms with Gasteiger partial charge >= 0.3 is 5.69 Å². The average Bonchev–Trinajstić information content (AvgIpc) is 2.84. The van der Waals surface area contributed by atoms with E-state index in [1.807, 2.05) is 13.0 Å². The predicted octanol–water partition coefficient (Wildman–Crippen LogP) is 3.10. The van der Waals surface area contributed by atoms with Crippen LogP contribution in [0.4, 0.5) is 11.4 Å². The number of rotatable bonds is 7. The van der Waals surface area contributed by atoms with Crippen LogP contribution in [0.1, 0.15) is 11.1 Å². The lowest BCUT2D eigenvalue weighted by Gasteiger charge is -2.10. The SMILES string of the molecule is COc1ccc(NS(=O)(=O)c2ccc(N=Cc3c(O)n(-c4cccc(C)c4)c(=O)[nH]c3=O)cc2)cc1. The minimum Gasteiger partial charge on any atom is -0.497 e. The summed E-state index contributed by atoms with van der Waals surface area (Å²) in [6.45, 7) is 1.83. The number of aryl methyl sites for hydroxylation is 1. The fourth-order valence-corrected chi connectivity index (χ4v) is 4.44. The summed E-state index contributed by atoms with van der Waals surface area (Å²) < 4.78 is 33.9. The zero-order chi connectivity index (χ0) is 25.9. The first-order valence-corrected chi connectivity index (χ1v) is 12.1. The van der Waals surface area contributed by atoms with Crippen LogP contribution < -0.4 is 20.7 Å². The van der Waals surface area contributed by atoms with Gasteiger partial charge in [-0.2, -0.15) is 0 Å². The van der Waals surface area contributed by atoms with Gasteiger partial charge in [0.15, 0.2) is 0 Å². The van der Waals surface area contributed by atoms with Crippen LogP contribution in [0.25, 0.3) is 5.69 Å². The number of sulfonamides is 1. The van der Waals surface area contributed by atoms with Crippen LogP contribution in [0.3, 0.4) is 0 Å². The molecule has 0 aliphatic carbocycles. The molecule has 0 saturated heterocycles. The molecule has 0 unspecified atom stereocenters. The molecule has 36 heavy (non-hydrogen) atoms. The molecule has 184 valence electrons. The number of benzene rings is 3. The third-order valence-electron chi connectivity index (χ3n) is 5.21. The quantitative estimate of drug-likeness (QED) is 0.329. The van der Waals surface area contributed by atoms with Gasteiger partial charge in [-0.25, -0.2) is 17.8 Å². The van der Waals surface area contributed by atoms with Crippen molar-refractivity contribution in [3.63, 3.8) is 0 Å². The Labute approximate surface area is 206 Å². The van der Waals surface area contributed by atoms with Gasteiger partial charge < -0.3 is 9.84 Å². The number of aliphatic imine (C=N–C) groups is 1. The normalized spacial score (nSPS) is 11.5. The van der Waals surface area contributed by atoms with E-state index < -0.39 is 27.2 Å². The largest absolute Gasteiger partial charge is 0.497 e. The van der Waals surface area contributed by atoms with Crippen LogP contribution in [0, 0.1) is 6.92 Å². The molecule has 3 aromatic carbocycles. The average molecular weight is 507 g/mol. The molecule has 0 fully saturated rings. The van der Waals surface area contributed by atoms with Crippen molar-refractivity contribution in [2.75, 3.05) is 11.8 Å². The standard InChI is InChI=1S/C25H22N4O6S/c1-16-4-3-5-19(14-16)29-24(31)22(23(30)27-25(29)32)15-26-17-8-12-21(13-9-17)36(33,34)28-18-6-10-20(35-2)11-7-18/h3-15,28,31H,1-2H3,(H,27,30,32). The number of hydrogen-bond acceptors (Lipinski definition) is 7. The van der Waals surface area contributed by atoms with Gasteiger partial charge in [-0.3, -0.25) is 19.5 Å². The molecular formula is C25H22N4O6S. The van der Waals surface area contributed by atoms with Gasteiger partial charge in [-0.05, 0) is 73.2 Å². The first-order chi connectivity index (χ1) is 17.2. The van der Waals surface area contributed by atoms with Crippen LogP contribution in [-0.4, -0.2) is 36.4 Å². The Balaban J connectivity index is 1.59. The highest BCUT2D eigenvalue weighted by Crippen LogP contribution is 2.22. The van der Waals surface area contributed by atoms with Gasteiger partial charge in [0.05, 0.1) is 23.4 Å². The highest BCUT2D eigenvalue weighted by atomic mass is 32.2. The van der Waals surface area contributed by atoms with Gasteiger partial charge in [0, 0.05) is 11.9 Å². The number of aromatic nitrogens is 2. The number of nitrogens with one attached hydrogen (secondary N) is 2. The van der Waals surface area contributed by atoms with E-state index in [4.69, 9.17) is 4.74 Å². The van der Waals surface area contributed by atoms with E-state index in [1.54, 1.807) is 42.5 Å². The van der Waals surface area contributed by atoms with Crippen molar-refractivity contribution in [2.45, 2.75) is 11.8 Å². The number of H-pyrrole nitrogens is 1. The van der Waals surface area contributed by atoms with Crippen LogP contribution in [0.5, 0.6) is 11.6 Å². The molecule has 0 atom stereocenters. The third-order valence-corrected chi connectivity index (χ3v) is 6.61. The van der Waals surface area contributed by atoms with E-state index in [9.17, 15) is 23.1 Å². The molecular weight excluding hydrogens is 484 g/mol. The first kappa shape index (κ1) is 24.5. The summed E-state index contributed by atoms with van der Waals surface area (Å²) in [5.74, 6) is 0.0281. The van der Waals surface area contributed by atoms with Crippen molar-refractivity contribution >= 4 is 27.6 Å². The molecule has 0 spiro atoms. The summed E-state index contributed by atoms with van der Waals surface area (Å²) in [6, 6.07) is 18.9. The maximum absolute atomic E-state index is 12.7. The van der Waals surface area contributed by atoms with E-state index >= 15 is 0 Å². The highest BCUT2D eigenvalue weighted by Gasteiger charge is 2.16. The minimum absolute atomic E-state index is 0.00552. The molecule has 0 bridgehead atoms. The maximum atomic E-state index is 12.7. The summed E-state index contributed by atoms with van der Waals surface area (Å²) in [4.78, 5) is 31.0. The summed E-state index contributed by atoms with van der Waals surface area (Å²) in [7, 11) is -2.34. The molecule has 3 N–H and O–H groups in total. The van der Waals surface area contributed by atoms with Crippen LogP contribution >= 0.6 is 0 Å². The molecule has 0 radical (unpaired) electrons. The van der Waals surface area contributed by atoms with Crippen LogP contribution in [0.2, 0.25) is 0 Å². The lowest BCUT2D eigenvalue weighted by Crippen LogP contribution is -2.31. The van der Waals surface area contributed by atoms with Gasteiger partial charge in [0.2, 0.25) is 5.88 Å². The Bertz CT molecular complexity index is 1660. The minimum atomic E-state index is -3.85. The van der Waals surface area contributed by atoms with Gasteiger partial charge in [-0.1, -0.05) is 12.1 Å². The Morgan fingerprint density at radius 1 is 1.03 bits per heavy atom. The van der Waals surface area contributed by atoms with Crippen molar-refractivity contribution in [3.05, 3.63) is 105 Å². The van der Waals surface area contributed by atoms with E-state index in [2.05, 4.69) is 14.7 Å². The fourth-order valence-electron chi connectivity index (χ4n) is 3.39. The van der Waals surface area contributed by atoms with Crippen LogP contribution in [0.15, 0.2) is 92.3 Å². The predicted molar refractivity (Wildman–Crippen MR) is 137 cm³/mol. The maximum Gasteiger partial charge on any atom is 0.335 e. The molecule has 0 amide bonds. The van der Waals surface area contributed by atoms with Crippen molar-refractivity contribution in [3.8, 4) is 17.3 Å². The van der Waals surface area contributed by atoms with Crippen molar-refractivity contribution in [1.82, 2.24) is 9.55 Å². The zero-order valence-electron chi connectivity index (χ0n) is 19.3. The zero-order valence-corrected chi connectivity index (χ0v) is 20.1. The molecule has 1 aromatic heterocycles. The smallest absolute Gasteiger partial charge is 0.335 e. The summed E-state index contributed by atoms with van der Waals surface area (Å²) in [5, 5.41) is 10.7. The van der Waals surface area contributed by atoms with E-state index in [0.29, 0.717) is 22.8 Å². The molecule has 1 heterocycles. The van der Waals surface area contributed by atoms with Gasteiger partial charge in [0.25, 0.3) is 15.6 Å². The Morgan fingerprint density at radius 2 is 1.72 bits per heavy atom. The van der Waals surface area contributed by atoms with Crippen molar-refractivity contribution < 1.29 is 18.3 Å². The lowest BCUT2D eigenvalue weighted by atomic mass is 10.2. The number of ether oxygens (including phenoxy) is 1. The Kier molecular flexibility index (Phi) is 6.75. The van der Waals surface area contributed by atoms with Crippen molar-refractivity contribution in [1.29, 1.82) is 0 Å². The lowest BCUT2D eigenvalue weighted by molar-refractivity contribution is 0.415. The number of methoxy groups -OCH3 is 1. The third kappa shape index (κ3) is 5.20.